The van der Waals surface area contributed by atoms with Gasteiger partial charge in [0, 0.05) is 18.1 Å². The lowest BCUT2D eigenvalue weighted by Crippen LogP contribution is -2.33. The molecular formula is C17H17ClFNO4S2. The molecule has 26 heavy (non-hydrogen) atoms. The van der Waals surface area contributed by atoms with Crippen LogP contribution >= 0.6 is 11.6 Å². The van der Waals surface area contributed by atoms with Gasteiger partial charge < -0.3 is 0 Å². The predicted molar refractivity (Wildman–Crippen MR) is 97.8 cm³/mol. The molecule has 2 aromatic rings. The molecule has 0 spiro atoms. The summed E-state index contributed by atoms with van der Waals surface area (Å²) >= 11 is 6.14. The van der Waals surface area contributed by atoms with Gasteiger partial charge in [-0.05, 0) is 42.3 Å². The Kier molecular flexibility index (Phi) is 5.39. The summed E-state index contributed by atoms with van der Waals surface area (Å²) in [7, 11) is -7.47. The molecule has 1 heterocycles. The van der Waals surface area contributed by atoms with Gasteiger partial charge in [-0.1, -0.05) is 29.8 Å². The molecule has 1 aliphatic heterocycles. The van der Waals surface area contributed by atoms with E-state index in [4.69, 9.17) is 11.6 Å². The second kappa shape index (κ2) is 7.26. The van der Waals surface area contributed by atoms with Crippen LogP contribution in [-0.4, -0.2) is 40.0 Å². The second-order valence-electron chi connectivity index (χ2n) is 6.02. The lowest BCUT2D eigenvalue weighted by atomic mass is 10.1. The molecule has 1 saturated heterocycles. The number of rotatable bonds is 3. The van der Waals surface area contributed by atoms with Crippen molar-refractivity contribution in [2.24, 2.45) is 0 Å². The highest BCUT2D eigenvalue weighted by Crippen LogP contribution is 2.34. The predicted octanol–water partition coefficient (Wildman–Crippen LogP) is 3.03. The molecule has 0 radical (unpaired) electrons. The molecule has 0 aliphatic carbocycles. The summed E-state index contributed by atoms with van der Waals surface area (Å²) in [5, 5.41) is -0.513. The normalized spacial score (nSPS) is 21.2. The summed E-state index contributed by atoms with van der Waals surface area (Å²) in [6, 6.07) is 11.2. The van der Waals surface area contributed by atoms with Crippen LogP contribution in [0.1, 0.15) is 17.2 Å². The van der Waals surface area contributed by atoms with E-state index in [1.807, 2.05) is 0 Å². The van der Waals surface area contributed by atoms with Gasteiger partial charge in [-0.2, -0.15) is 4.31 Å². The Labute approximate surface area is 157 Å². The van der Waals surface area contributed by atoms with Crippen LogP contribution in [0.15, 0.2) is 53.4 Å². The molecular weight excluding hydrogens is 401 g/mol. The lowest BCUT2D eigenvalue weighted by Gasteiger charge is -2.20. The minimum atomic E-state index is -3.90. The fourth-order valence-corrected chi connectivity index (χ4v) is 6.72. The molecule has 5 nitrogen and oxygen atoms in total. The Hall–Kier alpha value is -1.48. The third-order valence-corrected chi connectivity index (χ3v) is 8.77. The Morgan fingerprint density at radius 1 is 1.04 bits per heavy atom. The van der Waals surface area contributed by atoms with Crippen LogP contribution in [0.2, 0.25) is 5.02 Å². The van der Waals surface area contributed by atoms with Gasteiger partial charge in [-0.3, -0.25) is 0 Å². The van der Waals surface area contributed by atoms with Gasteiger partial charge in [0.05, 0.1) is 15.9 Å². The summed E-state index contributed by atoms with van der Waals surface area (Å²) < 4.78 is 65.1. The molecule has 0 amide bonds. The minimum Gasteiger partial charge on any atom is -0.228 e. The number of hydrogen-bond donors (Lipinski definition) is 0. The van der Waals surface area contributed by atoms with E-state index in [9.17, 15) is 21.2 Å². The van der Waals surface area contributed by atoms with Crippen molar-refractivity contribution in [1.82, 2.24) is 4.31 Å². The van der Waals surface area contributed by atoms with Crippen molar-refractivity contribution >= 4 is 31.5 Å². The third kappa shape index (κ3) is 3.78. The summed E-state index contributed by atoms with van der Waals surface area (Å²) in [4.78, 5) is -0.0625. The number of halogens is 2. The number of hydrogen-bond acceptors (Lipinski definition) is 4. The molecule has 0 aromatic heterocycles. The van der Waals surface area contributed by atoms with Gasteiger partial charge >= 0.3 is 0 Å². The quantitative estimate of drug-likeness (QED) is 0.769. The van der Waals surface area contributed by atoms with Crippen molar-refractivity contribution in [3.63, 3.8) is 0 Å². The smallest absolute Gasteiger partial charge is 0.228 e. The highest BCUT2D eigenvalue weighted by molar-refractivity contribution is 7.92. The molecule has 0 bridgehead atoms. The standard InChI is InChI=1S/C17H17ClFNO4S2/c18-16-4-2-1-3-15(16)17-9-10-20(11-12-25(17,21)22)26(23,24)14-7-5-13(19)6-8-14/h1-8,17H,9-12H2. The van der Waals surface area contributed by atoms with Crippen LogP contribution in [0.3, 0.4) is 0 Å². The Bertz CT molecular complexity index is 1010. The monoisotopic (exact) mass is 417 g/mol. The average Bonchev–Trinajstić information content (AvgIpc) is 2.74. The summed E-state index contributed by atoms with van der Waals surface area (Å²) in [5.41, 5.74) is 0.482. The van der Waals surface area contributed by atoms with Gasteiger partial charge in [0.15, 0.2) is 9.84 Å². The van der Waals surface area contributed by atoms with Crippen LogP contribution < -0.4 is 0 Å². The van der Waals surface area contributed by atoms with Crippen LogP contribution in [0, 0.1) is 5.82 Å². The maximum Gasteiger partial charge on any atom is 0.243 e. The highest BCUT2D eigenvalue weighted by Gasteiger charge is 2.36. The highest BCUT2D eigenvalue weighted by atomic mass is 35.5. The number of sulfone groups is 1. The van der Waals surface area contributed by atoms with Crippen molar-refractivity contribution in [2.75, 3.05) is 18.8 Å². The largest absolute Gasteiger partial charge is 0.243 e. The second-order valence-corrected chi connectivity index (χ2v) is 10.7. The first kappa shape index (κ1) is 19.3. The van der Waals surface area contributed by atoms with Gasteiger partial charge in [0.25, 0.3) is 0 Å². The minimum absolute atomic E-state index is 0.0365. The van der Waals surface area contributed by atoms with E-state index in [-0.39, 0.29) is 30.2 Å². The zero-order valence-electron chi connectivity index (χ0n) is 13.7. The van der Waals surface area contributed by atoms with E-state index in [0.29, 0.717) is 10.6 Å². The molecule has 1 aliphatic rings. The van der Waals surface area contributed by atoms with Gasteiger partial charge in [-0.25, -0.2) is 21.2 Å². The first-order chi connectivity index (χ1) is 12.2. The van der Waals surface area contributed by atoms with Gasteiger partial charge in [0.1, 0.15) is 5.82 Å². The third-order valence-electron chi connectivity index (χ3n) is 4.40. The van der Waals surface area contributed by atoms with Crippen LogP contribution in [-0.2, 0) is 19.9 Å². The molecule has 2 aromatic carbocycles. The van der Waals surface area contributed by atoms with E-state index in [1.54, 1.807) is 24.3 Å². The first-order valence-corrected chi connectivity index (χ1v) is 11.5. The van der Waals surface area contributed by atoms with Crippen molar-refractivity contribution in [2.45, 2.75) is 16.6 Å². The lowest BCUT2D eigenvalue weighted by molar-refractivity contribution is 0.428. The van der Waals surface area contributed by atoms with Crippen molar-refractivity contribution in [1.29, 1.82) is 0 Å². The Morgan fingerprint density at radius 3 is 2.35 bits per heavy atom. The summed E-state index contributed by atoms with van der Waals surface area (Å²) in [5.74, 6) is -0.843. The number of sulfonamides is 1. The zero-order valence-corrected chi connectivity index (χ0v) is 16.1. The van der Waals surface area contributed by atoms with E-state index in [0.717, 1.165) is 16.4 Å². The summed E-state index contributed by atoms with van der Waals surface area (Å²) in [6.07, 6.45) is 0.104. The molecule has 3 rings (SSSR count). The van der Waals surface area contributed by atoms with Crippen molar-refractivity contribution < 1.29 is 21.2 Å². The van der Waals surface area contributed by atoms with E-state index >= 15 is 0 Å². The van der Waals surface area contributed by atoms with E-state index < -0.39 is 30.9 Å². The van der Waals surface area contributed by atoms with Gasteiger partial charge in [-0.15, -0.1) is 0 Å². The molecule has 1 unspecified atom stereocenters. The molecule has 1 atom stereocenters. The zero-order chi connectivity index (χ0) is 18.9. The van der Waals surface area contributed by atoms with Crippen LogP contribution in [0.5, 0.6) is 0 Å². The van der Waals surface area contributed by atoms with Crippen LogP contribution in [0.4, 0.5) is 4.39 Å². The molecule has 0 saturated carbocycles. The molecule has 140 valence electrons. The molecule has 1 fully saturated rings. The number of benzene rings is 2. The van der Waals surface area contributed by atoms with Crippen molar-refractivity contribution in [3.05, 3.63) is 64.9 Å². The first-order valence-electron chi connectivity index (χ1n) is 7.93. The fourth-order valence-electron chi connectivity index (χ4n) is 3.01. The molecule has 0 N–H and O–H groups in total. The van der Waals surface area contributed by atoms with E-state index in [2.05, 4.69) is 0 Å². The molecule has 9 heteroatoms. The fraction of sp³-hybridized carbons (Fsp3) is 0.294. The maximum absolute atomic E-state index is 13.1. The topological polar surface area (TPSA) is 71.5 Å². The van der Waals surface area contributed by atoms with Crippen LogP contribution in [0.25, 0.3) is 0 Å². The number of nitrogens with zero attached hydrogens (tertiary/aromatic N) is 1. The Morgan fingerprint density at radius 2 is 1.69 bits per heavy atom. The van der Waals surface area contributed by atoms with E-state index in [1.165, 1.54) is 12.1 Å². The van der Waals surface area contributed by atoms with Crippen molar-refractivity contribution in [3.8, 4) is 0 Å². The average molecular weight is 418 g/mol. The SMILES string of the molecule is O=S1(=O)CCN(S(=O)(=O)c2ccc(F)cc2)CCC1c1ccccc1Cl. The summed E-state index contributed by atoms with van der Waals surface area (Å²) in [6.45, 7) is -0.113. The van der Waals surface area contributed by atoms with Gasteiger partial charge in [0.2, 0.25) is 10.0 Å². The Balaban J connectivity index is 1.91. The maximum atomic E-state index is 13.1.